The predicted octanol–water partition coefficient (Wildman–Crippen LogP) is 1.56. The fourth-order valence-corrected chi connectivity index (χ4v) is 2.67. The average molecular weight is 323 g/mol. The molecule has 1 amide bonds. The van der Waals surface area contributed by atoms with E-state index in [2.05, 4.69) is 0 Å². The quantitative estimate of drug-likeness (QED) is 0.621. The molecular formula is C16H18FNO5. The molecule has 0 fully saturated rings. The van der Waals surface area contributed by atoms with Crippen LogP contribution in [0, 0.1) is 5.82 Å². The lowest BCUT2D eigenvalue weighted by Crippen LogP contribution is -2.53. The van der Waals surface area contributed by atoms with Crippen LogP contribution in [0.2, 0.25) is 0 Å². The van der Waals surface area contributed by atoms with Crippen LogP contribution in [0.1, 0.15) is 25.8 Å². The van der Waals surface area contributed by atoms with Gasteiger partial charge in [-0.15, -0.1) is 0 Å². The number of carbonyl (C=O) groups is 3. The average Bonchev–Trinajstić information content (AvgIpc) is 2.51. The van der Waals surface area contributed by atoms with E-state index in [0.29, 0.717) is 0 Å². The number of esters is 2. The number of anilines is 1. The fraction of sp³-hybridized carbons (Fsp3) is 0.438. The molecule has 0 aliphatic carbocycles. The van der Waals surface area contributed by atoms with Gasteiger partial charge in [0.2, 0.25) is 11.3 Å². The summed E-state index contributed by atoms with van der Waals surface area (Å²) in [6.07, 6.45) is -0.461. The maximum Gasteiger partial charge on any atom is 0.328 e. The summed E-state index contributed by atoms with van der Waals surface area (Å²) >= 11 is 0. The van der Waals surface area contributed by atoms with Crippen molar-refractivity contribution in [2.45, 2.75) is 25.7 Å². The molecule has 1 heterocycles. The van der Waals surface area contributed by atoms with Gasteiger partial charge >= 0.3 is 11.9 Å². The third-order valence-corrected chi connectivity index (χ3v) is 3.82. The second-order valence-electron chi connectivity index (χ2n) is 5.14. The van der Waals surface area contributed by atoms with Crippen LogP contribution in [0.25, 0.3) is 0 Å². The zero-order valence-corrected chi connectivity index (χ0v) is 13.2. The van der Waals surface area contributed by atoms with E-state index in [9.17, 15) is 18.8 Å². The van der Waals surface area contributed by atoms with Crippen molar-refractivity contribution in [2.24, 2.45) is 0 Å². The first-order valence-electron chi connectivity index (χ1n) is 7.29. The van der Waals surface area contributed by atoms with E-state index in [1.807, 2.05) is 0 Å². The lowest BCUT2D eigenvalue weighted by atomic mass is 9.73. The Kier molecular flexibility index (Phi) is 4.68. The molecule has 0 radical (unpaired) electrons. The van der Waals surface area contributed by atoms with E-state index in [1.165, 1.54) is 18.0 Å². The van der Waals surface area contributed by atoms with Crippen molar-refractivity contribution in [1.29, 1.82) is 0 Å². The monoisotopic (exact) mass is 323 g/mol. The van der Waals surface area contributed by atoms with Gasteiger partial charge in [-0.2, -0.15) is 0 Å². The second kappa shape index (κ2) is 6.36. The van der Waals surface area contributed by atoms with Crippen LogP contribution < -0.4 is 4.90 Å². The van der Waals surface area contributed by atoms with Crippen molar-refractivity contribution in [1.82, 2.24) is 0 Å². The Morgan fingerprint density at radius 3 is 2.30 bits per heavy atom. The molecule has 0 aromatic heterocycles. The number of rotatable bonds is 4. The molecule has 1 aliphatic rings. The summed E-state index contributed by atoms with van der Waals surface area (Å²) in [4.78, 5) is 38.7. The van der Waals surface area contributed by atoms with Crippen LogP contribution in [0.3, 0.4) is 0 Å². The topological polar surface area (TPSA) is 72.9 Å². The van der Waals surface area contributed by atoms with E-state index in [-0.39, 0.29) is 24.5 Å². The summed E-state index contributed by atoms with van der Waals surface area (Å²) in [5.74, 6) is -2.90. The number of halogens is 1. The van der Waals surface area contributed by atoms with Gasteiger partial charge in [-0.1, -0.05) is 0 Å². The molecule has 2 rings (SSSR count). The van der Waals surface area contributed by atoms with Gasteiger partial charge in [0.25, 0.3) is 0 Å². The number of ether oxygens (including phenoxy) is 2. The van der Waals surface area contributed by atoms with E-state index >= 15 is 0 Å². The van der Waals surface area contributed by atoms with Crippen LogP contribution in [0.5, 0.6) is 0 Å². The van der Waals surface area contributed by atoms with E-state index < -0.39 is 35.5 Å². The first-order chi connectivity index (χ1) is 10.9. The van der Waals surface area contributed by atoms with Crippen molar-refractivity contribution in [2.75, 3.05) is 25.2 Å². The summed E-state index contributed by atoms with van der Waals surface area (Å²) in [6.45, 7) is 3.21. The summed E-state index contributed by atoms with van der Waals surface area (Å²) in [6, 6.07) is 3.59. The molecule has 1 aromatic rings. The maximum absolute atomic E-state index is 13.8. The zero-order valence-electron chi connectivity index (χ0n) is 13.2. The molecule has 7 heteroatoms. The van der Waals surface area contributed by atoms with Gasteiger partial charge < -0.3 is 14.4 Å². The number of nitrogens with zero attached hydrogens (tertiary/aromatic N) is 1. The molecule has 0 spiro atoms. The number of benzene rings is 1. The Bertz CT molecular complexity index is 640. The molecule has 124 valence electrons. The minimum absolute atomic E-state index is 0.0225. The van der Waals surface area contributed by atoms with E-state index in [4.69, 9.17) is 9.47 Å². The Morgan fingerprint density at radius 1 is 1.22 bits per heavy atom. The Morgan fingerprint density at radius 2 is 1.78 bits per heavy atom. The first kappa shape index (κ1) is 16.9. The third-order valence-electron chi connectivity index (χ3n) is 3.82. The minimum atomic E-state index is -1.98. The van der Waals surface area contributed by atoms with Gasteiger partial charge in [-0.05, 0) is 32.0 Å². The predicted molar refractivity (Wildman–Crippen MR) is 79.4 cm³/mol. The molecule has 0 unspecified atom stereocenters. The standard InChI is InChI=1S/C16H18FNO5/c1-4-22-14(20)16(15(21)23-5-2)9-13(19)18(3)12-7-6-10(17)8-11(12)16/h6-8H,4-5,9H2,1-3H3. The van der Waals surface area contributed by atoms with Crippen molar-refractivity contribution in [3.05, 3.63) is 29.6 Å². The summed E-state index contributed by atoms with van der Waals surface area (Å²) in [7, 11) is 1.50. The van der Waals surface area contributed by atoms with Crippen molar-refractivity contribution in [3.8, 4) is 0 Å². The minimum Gasteiger partial charge on any atom is -0.465 e. The van der Waals surface area contributed by atoms with Crippen molar-refractivity contribution < 1.29 is 28.2 Å². The van der Waals surface area contributed by atoms with Crippen LogP contribution in [0.15, 0.2) is 18.2 Å². The number of carbonyl (C=O) groups excluding carboxylic acids is 3. The highest BCUT2D eigenvalue weighted by molar-refractivity contribution is 6.15. The van der Waals surface area contributed by atoms with E-state index in [1.54, 1.807) is 13.8 Å². The molecule has 0 bridgehead atoms. The molecule has 1 aliphatic heterocycles. The zero-order chi connectivity index (χ0) is 17.2. The lowest BCUT2D eigenvalue weighted by molar-refractivity contribution is -0.167. The highest BCUT2D eigenvalue weighted by Crippen LogP contribution is 2.42. The molecule has 0 saturated carbocycles. The summed E-state index contributed by atoms with van der Waals surface area (Å²) in [5.41, 5.74) is -1.62. The second-order valence-corrected chi connectivity index (χ2v) is 5.14. The highest BCUT2D eigenvalue weighted by Gasteiger charge is 2.56. The van der Waals surface area contributed by atoms with Crippen LogP contribution >= 0.6 is 0 Å². The largest absolute Gasteiger partial charge is 0.465 e. The Balaban J connectivity index is 2.73. The molecule has 23 heavy (non-hydrogen) atoms. The lowest BCUT2D eigenvalue weighted by Gasteiger charge is -2.37. The Labute approximate surface area is 133 Å². The Hall–Kier alpha value is -2.44. The smallest absolute Gasteiger partial charge is 0.328 e. The normalized spacial score (nSPS) is 15.8. The number of amides is 1. The van der Waals surface area contributed by atoms with Gasteiger partial charge in [0.15, 0.2) is 0 Å². The third kappa shape index (κ3) is 2.67. The van der Waals surface area contributed by atoms with Crippen LogP contribution in [0.4, 0.5) is 10.1 Å². The van der Waals surface area contributed by atoms with Gasteiger partial charge in [0.1, 0.15) is 5.82 Å². The SMILES string of the molecule is CCOC(=O)C1(C(=O)OCC)CC(=O)N(C)c2ccc(F)cc21. The maximum atomic E-state index is 13.8. The van der Waals surface area contributed by atoms with Crippen molar-refractivity contribution in [3.63, 3.8) is 0 Å². The molecule has 0 saturated heterocycles. The fourth-order valence-electron chi connectivity index (χ4n) is 2.67. The number of hydrogen-bond donors (Lipinski definition) is 0. The molecule has 6 nitrogen and oxygen atoms in total. The van der Waals surface area contributed by atoms with Gasteiger partial charge in [-0.25, -0.2) is 4.39 Å². The van der Waals surface area contributed by atoms with Crippen LogP contribution in [-0.2, 0) is 29.3 Å². The molecule has 1 aromatic carbocycles. The number of hydrogen-bond acceptors (Lipinski definition) is 5. The number of fused-ring (bicyclic) bond motifs is 1. The molecule has 0 N–H and O–H groups in total. The summed E-state index contributed by atoms with van der Waals surface area (Å²) < 4.78 is 23.8. The highest BCUT2D eigenvalue weighted by atomic mass is 19.1. The van der Waals surface area contributed by atoms with E-state index in [0.717, 1.165) is 12.1 Å². The van der Waals surface area contributed by atoms with Gasteiger partial charge in [0, 0.05) is 18.3 Å². The summed E-state index contributed by atoms with van der Waals surface area (Å²) in [5, 5.41) is 0. The van der Waals surface area contributed by atoms with Crippen molar-refractivity contribution >= 4 is 23.5 Å². The first-order valence-corrected chi connectivity index (χ1v) is 7.29. The van der Waals surface area contributed by atoms with Crippen LogP contribution in [-0.4, -0.2) is 38.1 Å². The molecule has 0 atom stereocenters. The van der Waals surface area contributed by atoms with Gasteiger partial charge in [-0.3, -0.25) is 14.4 Å². The molecular weight excluding hydrogens is 305 g/mol. The van der Waals surface area contributed by atoms with Gasteiger partial charge in [0.05, 0.1) is 19.6 Å².